The van der Waals surface area contributed by atoms with Gasteiger partial charge in [-0.15, -0.1) is 0 Å². The number of ether oxygens (including phenoxy) is 2. The lowest BCUT2D eigenvalue weighted by Crippen LogP contribution is -2.40. The predicted molar refractivity (Wildman–Crippen MR) is 124 cm³/mol. The molecule has 1 aliphatic rings. The Hall–Kier alpha value is -3.06. The van der Waals surface area contributed by atoms with E-state index in [0.717, 1.165) is 11.1 Å². The van der Waals surface area contributed by atoms with Crippen LogP contribution in [0, 0.1) is 5.92 Å². The smallest absolute Gasteiger partial charge is 0.262 e. The van der Waals surface area contributed by atoms with Gasteiger partial charge in [0.05, 0.1) is 26.0 Å². The van der Waals surface area contributed by atoms with Gasteiger partial charge < -0.3 is 14.4 Å². The van der Waals surface area contributed by atoms with Crippen molar-refractivity contribution in [2.45, 2.75) is 26.3 Å². The first-order valence-electron chi connectivity index (χ1n) is 10.4. The van der Waals surface area contributed by atoms with Gasteiger partial charge in [0, 0.05) is 35.5 Å². The molecule has 0 saturated carbocycles. The molecule has 0 spiro atoms. The molecule has 7 nitrogen and oxygen atoms in total. The Labute approximate surface area is 193 Å². The summed E-state index contributed by atoms with van der Waals surface area (Å²) in [5.74, 6) is 0.659. The van der Waals surface area contributed by atoms with E-state index < -0.39 is 6.04 Å². The molecule has 170 valence electrons. The number of hydrogen-bond acceptors (Lipinski definition) is 5. The lowest BCUT2D eigenvalue weighted by atomic mass is 9.97. The number of likely N-dealkylation sites (N-methyl/N-ethyl adjacent to an activating group) is 1. The van der Waals surface area contributed by atoms with Gasteiger partial charge in [-0.1, -0.05) is 43.6 Å². The molecule has 2 aromatic carbocycles. The highest BCUT2D eigenvalue weighted by atomic mass is 35.5. The van der Waals surface area contributed by atoms with Crippen molar-refractivity contribution in [1.29, 1.82) is 0 Å². The van der Waals surface area contributed by atoms with Crippen LogP contribution >= 0.6 is 11.6 Å². The second-order valence-corrected chi connectivity index (χ2v) is 8.35. The molecule has 0 radical (unpaired) electrons. The van der Waals surface area contributed by atoms with Crippen molar-refractivity contribution in [3.8, 4) is 11.5 Å². The number of hydrazone groups is 1. The van der Waals surface area contributed by atoms with Crippen molar-refractivity contribution in [1.82, 2.24) is 9.91 Å². The maximum Gasteiger partial charge on any atom is 0.262 e. The molecule has 1 aliphatic heterocycles. The van der Waals surface area contributed by atoms with Crippen molar-refractivity contribution in [3.63, 3.8) is 0 Å². The van der Waals surface area contributed by atoms with E-state index in [1.807, 2.05) is 24.3 Å². The summed E-state index contributed by atoms with van der Waals surface area (Å²) in [4.78, 5) is 27.1. The van der Waals surface area contributed by atoms with Gasteiger partial charge in [-0.25, -0.2) is 5.01 Å². The molecule has 2 amide bonds. The number of carbonyl (C=O) groups is 2. The molecular formula is C24H28ClN3O4. The predicted octanol–water partition coefficient (Wildman–Crippen LogP) is 4.15. The van der Waals surface area contributed by atoms with E-state index in [0.29, 0.717) is 28.7 Å². The Morgan fingerprint density at radius 3 is 2.53 bits per heavy atom. The molecule has 32 heavy (non-hydrogen) atoms. The maximum atomic E-state index is 13.3. The molecule has 0 aliphatic carbocycles. The van der Waals surface area contributed by atoms with Crippen molar-refractivity contribution in [3.05, 3.63) is 58.6 Å². The summed E-state index contributed by atoms with van der Waals surface area (Å²) >= 11 is 6.41. The van der Waals surface area contributed by atoms with E-state index in [4.69, 9.17) is 21.1 Å². The summed E-state index contributed by atoms with van der Waals surface area (Å²) in [7, 11) is 4.79. The molecule has 3 rings (SSSR count). The zero-order valence-corrected chi connectivity index (χ0v) is 19.7. The Morgan fingerprint density at radius 2 is 1.91 bits per heavy atom. The van der Waals surface area contributed by atoms with E-state index in [2.05, 4.69) is 5.10 Å². The fourth-order valence-corrected chi connectivity index (χ4v) is 3.98. The fourth-order valence-electron chi connectivity index (χ4n) is 3.73. The molecular weight excluding hydrogens is 430 g/mol. The first-order valence-corrected chi connectivity index (χ1v) is 10.8. The number of rotatable bonds is 7. The van der Waals surface area contributed by atoms with Crippen LogP contribution in [0.25, 0.3) is 0 Å². The number of hydrogen-bond donors (Lipinski definition) is 0. The van der Waals surface area contributed by atoms with Gasteiger partial charge in [0.15, 0.2) is 0 Å². The summed E-state index contributed by atoms with van der Waals surface area (Å²) in [5, 5.41) is 6.64. The number of methoxy groups -OCH3 is 2. The highest BCUT2D eigenvalue weighted by Gasteiger charge is 2.36. The molecule has 0 bridgehead atoms. The summed E-state index contributed by atoms with van der Waals surface area (Å²) in [6.45, 7) is 3.52. The number of amides is 2. The number of benzene rings is 2. The van der Waals surface area contributed by atoms with Crippen LogP contribution in [0.3, 0.4) is 0 Å². The highest BCUT2D eigenvalue weighted by Crippen LogP contribution is 2.40. The average molecular weight is 458 g/mol. The molecule has 8 heteroatoms. The molecule has 0 fully saturated rings. The third-order valence-corrected chi connectivity index (χ3v) is 5.72. The normalized spacial score (nSPS) is 15.5. The van der Waals surface area contributed by atoms with Crippen LogP contribution in [0.2, 0.25) is 5.02 Å². The topological polar surface area (TPSA) is 71.4 Å². The van der Waals surface area contributed by atoms with Crippen molar-refractivity contribution in [2.75, 3.05) is 27.8 Å². The number of carbonyl (C=O) groups excluding carboxylic acids is 2. The van der Waals surface area contributed by atoms with Crippen LogP contribution in [-0.2, 0) is 9.59 Å². The van der Waals surface area contributed by atoms with Gasteiger partial charge in [0.2, 0.25) is 5.91 Å². The van der Waals surface area contributed by atoms with Crippen LogP contribution in [0.15, 0.2) is 47.6 Å². The van der Waals surface area contributed by atoms with Crippen LogP contribution < -0.4 is 9.47 Å². The standard InChI is InChI=1S/C24H28ClN3O4/c1-15(2)24(30)27(3)14-23(29)28-21(18-12-16(31-4)10-11-22(18)32-5)13-20(26-28)17-8-6-7-9-19(17)25/h6-12,15,21H,13-14H2,1-5H3. The first-order chi connectivity index (χ1) is 15.3. The largest absolute Gasteiger partial charge is 0.497 e. The third kappa shape index (κ3) is 4.88. The summed E-state index contributed by atoms with van der Waals surface area (Å²) < 4.78 is 11.0. The molecule has 1 atom stereocenters. The summed E-state index contributed by atoms with van der Waals surface area (Å²) in [6.07, 6.45) is 0.445. The minimum Gasteiger partial charge on any atom is -0.497 e. The number of halogens is 1. The van der Waals surface area contributed by atoms with Crippen LogP contribution in [0.4, 0.5) is 0 Å². The van der Waals surface area contributed by atoms with Gasteiger partial charge in [0.1, 0.15) is 18.0 Å². The minimum atomic E-state index is -0.429. The fraction of sp³-hybridized carbons (Fsp3) is 0.375. The summed E-state index contributed by atoms with van der Waals surface area (Å²) in [5.41, 5.74) is 2.23. The Bertz CT molecular complexity index is 1040. The van der Waals surface area contributed by atoms with Crippen LogP contribution in [0.1, 0.15) is 37.4 Å². The SMILES string of the molecule is COc1ccc(OC)c(C2CC(c3ccccc3Cl)=NN2C(=O)CN(C)C(=O)C(C)C)c1. The molecule has 1 unspecified atom stereocenters. The second kappa shape index (κ2) is 10.0. The van der Waals surface area contributed by atoms with Crippen LogP contribution in [0.5, 0.6) is 11.5 Å². The van der Waals surface area contributed by atoms with E-state index in [1.165, 1.54) is 9.91 Å². The molecule has 0 saturated heterocycles. The second-order valence-electron chi connectivity index (χ2n) is 7.94. The van der Waals surface area contributed by atoms with Crippen molar-refractivity contribution < 1.29 is 19.1 Å². The van der Waals surface area contributed by atoms with Gasteiger partial charge >= 0.3 is 0 Å². The quantitative estimate of drug-likeness (QED) is 0.626. The van der Waals surface area contributed by atoms with E-state index in [9.17, 15) is 9.59 Å². The minimum absolute atomic E-state index is 0.0842. The van der Waals surface area contributed by atoms with Crippen molar-refractivity contribution in [2.24, 2.45) is 11.0 Å². The van der Waals surface area contributed by atoms with Gasteiger partial charge in [-0.3, -0.25) is 9.59 Å². The lowest BCUT2D eigenvalue weighted by molar-refractivity contribution is -0.142. The van der Waals surface area contributed by atoms with Crippen molar-refractivity contribution >= 4 is 29.1 Å². The molecule has 0 aromatic heterocycles. The third-order valence-electron chi connectivity index (χ3n) is 5.39. The van der Waals surface area contributed by atoms with Gasteiger partial charge in [-0.2, -0.15) is 5.10 Å². The summed E-state index contributed by atoms with van der Waals surface area (Å²) in [6, 6.07) is 12.4. The first kappa shape index (κ1) is 23.6. The average Bonchev–Trinajstić information content (AvgIpc) is 3.23. The van der Waals surface area contributed by atoms with E-state index in [-0.39, 0.29) is 24.3 Å². The Balaban J connectivity index is 2.01. The van der Waals surface area contributed by atoms with E-state index in [1.54, 1.807) is 53.3 Å². The van der Waals surface area contributed by atoms with Gasteiger partial charge in [-0.05, 0) is 24.3 Å². The van der Waals surface area contributed by atoms with Crippen LogP contribution in [-0.4, -0.2) is 55.2 Å². The molecule has 2 aromatic rings. The zero-order valence-electron chi connectivity index (χ0n) is 19.0. The van der Waals surface area contributed by atoms with Gasteiger partial charge in [0.25, 0.3) is 5.91 Å². The maximum absolute atomic E-state index is 13.3. The monoisotopic (exact) mass is 457 g/mol. The lowest BCUT2D eigenvalue weighted by Gasteiger charge is -2.26. The molecule has 0 N–H and O–H groups in total. The molecule has 1 heterocycles. The number of nitrogens with zero attached hydrogens (tertiary/aromatic N) is 3. The Morgan fingerprint density at radius 1 is 1.19 bits per heavy atom. The van der Waals surface area contributed by atoms with E-state index >= 15 is 0 Å². The highest BCUT2D eigenvalue weighted by molar-refractivity contribution is 6.34. The zero-order chi connectivity index (χ0) is 23.4. The Kier molecular flexibility index (Phi) is 7.40.